The second-order valence-electron chi connectivity index (χ2n) is 3.75. The van der Waals surface area contributed by atoms with E-state index in [1.807, 2.05) is 0 Å². The number of nitrogen functional groups attached to an aromatic ring is 1. The topological polar surface area (TPSA) is 73.6 Å². The van der Waals surface area contributed by atoms with E-state index in [9.17, 15) is 4.79 Å². The van der Waals surface area contributed by atoms with Gasteiger partial charge < -0.3 is 20.5 Å². The van der Waals surface area contributed by atoms with Gasteiger partial charge in [-0.2, -0.15) is 0 Å². The molecule has 0 spiro atoms. The van der Waals surface area contributed by atoms with Crippen molar-refractivity contribution in [1.82, 2.24) is 5.32 Å². The van der Waals surface area contributed by atoms with Gasteiger partial charge in [-0.05, 0) is 18.2 Å². The number of amides is 1. The van der Waals surface area contributed by atoms with Gasteiger partial charge in [-0.15, -0.1) is 0 Å². The molecule has 18 heavy (non-hydrogen) atoms. The Morgan fingerprint density at radius 2 is 2.22 bits per heavy atom. The Hall–Kier alpha value is -1.11. The number of nitrogens with two attached hydrogens (primary N) is 1. The zero-order valence-corrected chi connectivity index (χ0v) is 12.0. The lowest BCUT2D eigenvalue weighted by molar-refractivity contribution is 0.0285. The highest BCUT2D eigenvalue weighted by molar-refractivity contribution is 9.10. The van der Waals surface area contributed by atoms with Gasteiger partial charge in [-0.25, -0.2) is 0 Å². The molecular weight excluding hydrogens is 300 g/mol. The number of ether oxygens (including phenoxy) is 2. The van der Waals surface area contributed by atoms with Gasteiger partial charge in [0.05, 0.1) is 18.3 Å². The van der Waals surface area contributed by atoms with Gasteiger partial charge in [0.2, 0.25) is 0 Å². The van der Waals surface area contributed by atoms with Crippen LogP contribution in [0.5, 0.6) is 0 Å². The fraction of sp³-hybridized carbons (Fsp3) is 0.417. The summed E-state index contributed by atoms with van der Waals surface area (Å²) in [7, 11) is 3.16. The Morgan fingerprint density at radius 1 is 1.50 bits per heavy atom. The minimum absolute atomic E-state index is 0.171. The maximum atomic E-state index is 11.9. The average Bonchev–Trinajstić information content (AvgIpc) is 2.34. The van der Waals surface area contributed by atoms with Crippen molar-refractivity contribution >= 4 is 27.5 Å². The molecule has 1 atom stereocenters. The van der Waals surface area contributed by atoms with Crippen molar-refractivity contribution < 1.29 is 14.3 Å². The molecule has 0 fully saturated rings. The molecule has 0 aromatic heterocycles. The molecule has 0 aliphatic carbocycles. The van der Waals surface area contributed by atoms with Crippen LogP contribution in [0.25, 0.3) is 0 Å². The van der Waals surface area contributed by atoms with Crippen LogP contribution >= 0.6 is 15.9 Å². The molecule has 0 aliphatic heterocycles. The van der Waals surface area contributed by atoms with Crippen molar-refractivity contribution in [2.45, 2.75) is 6.10 Å². The molecule has 0 aliphatic rings. The van der Waals surface area contributed by atoms with Crippen LogP contribution in [0.2, 0.25) is 0 Å². The molecule has 0 saturated carbocycles. The number of nitrogens with one attached hydrogen (secondary N) is 1. The number of halogens is 1. The molecule has 0 heterocycles. The van der Waals surface area contributed by atoms with E-state index in [4.69, 9.17) is 15.2 Å². The predicted molar refractivity (Wildman–Crippen MR) is 73.6 cm³/mol. The standard InChI is InChI=1S/C12H17BrN2O3/c1-17-7-9(18-2)6-15-12(16)10-4-3-8(13)5-11(10)14/h3-5,9H,6-7,14H2,1-2H3,(H,15,16). The Morgan fingerprint density at radius 3 is 2.78 bits per heavy atom. The number of hydrogen-bond donors (Lipinski definition) is 2. The molecule has 1 unspecified atom stereocenters. The van der Waals surface area contributed by atoms with Gasteiger partial charge in [0, 0.05) is 30.9 Å². The maximum Gasteiger partial charge on any atom is 0.253 e. The first-order chi connectivity index (χ1) is 8.58. The molecule has 6 heteroatoms. The first kappa shape index (κ1) is 14.9. The molecule has 5 nitrogen and oxygen atoms in total. The van der Waals surface area contributed by atoms with Gasteiger partial charge in [0.15, 0.2) is 0 Å². The number of hydrogen-bond acceptors (Lipinski definition) is 4. The van der Waals surface area contributed by atoms with E-state index < -0.39 is 0 Å². The van der Waals surface area contributed by atoms with Crippen LogP contribution < -0.4 is 11.1 Å². The molecule has 100 valence electrons. The SMILES string of the molecule is COCC(CNC(=O)c1ccc(Br)cc1N)OC. The Balaban J connectivity index is 2.59. The highest BCUT2D eigenvalue weighted by Crippen LogP contribution is 2.18. The molecule has 0 saturated heterocycles. The van der Waals surface area contributed by atoms with Crippen LogP contribution in [0.3, 0.4) is 0 Å². The van der Waals surface area contributed by atoms with E-state index in [0.717, 1.165) is 4.47 Å². The molecule has 1 rings (SSSR count). The number of carbonyl (C=O) groups excluding carboxylic acids is 1. The fourth-order valence-corrected chi connectivity index (χ4v) is 1.82. The summed E-state index contributed by atoms with van der Waals surface area (Å²) in [4.78, 5) is 11.9. The Bertz CT molecular complexity index is 412. The molecule has 0 radical (unpaired) electrons. The summed E-state index contributed by atoms with van der Waals surface area (Å²) in [5.41, 5.74) is 6.66. The largest absolute Gasteiger partial charge is 0.398 e. The monoisotopic (exact) mass is 316 g/mol. The maximum absolute atomic E-state index is 11.9. The number of methoxy groups -OCH3 is 2. The van der Waals surface area contributed by atoms with Crippen molar-refractivity contribution in [3.05, 3.63) is 28.2 Å². The number of rotatable bonds is 6. The lowest BCUT2D eigenvalue weighted by Crippen LogP contribution is -2.35. The van der Waals surface area contributed by atoms with Crippen LogP contribution in [-0.2, 0) is 9.47 Å². The van der Waals surface area contributed by atoms with Gasteiger partial charge in [-0.3, -0.25) is 4.79 Å². The highest BCUT2D eigenvalue weighted by atomic mass is 79.9. The van der Waals surface area contributed by atoms with Crippen LogP contribution in [0.1, 0.15) is 10.4 Å². The molecule has 1 amide bonds. The molecule has 0 bridgehead atoms. The van der Waals surface area contributed by atoms with Crippen LogP contribution in [0.4, 0.5) is 5.69 Å². The first-order valence-corrected chi connectivity index (χ1v) is 6.22. The zero-order chi connectivity index (χ0) is 13.5. The minimum atomic E-state index is -0.224. The van der Waals surface area contributed by atoms with E-state index in [1.54, 1.807) is 32.4 Å². The summed E-state index contributed by atoms with van der Waals surface area (Å²) < 4.78 is 11.0. The predicted octanol–water partition coefficient (Wildman–Crippen LogP) is 1.42. The second-order valence-corrected chi connectivity index (χ2v) is 4.67. The summed E-state index contributed by atoms with van der Waals surface area (Å²) in [6, 6.07) is 5.14. The third-order valence-corrected chi connectivity index (χ3v) is 2.93. The molecule has 1 aromatic rings. The molecular formula is C12H17BrN2O3. The lowest BCUT2D eigenvalue weighted by atomic mass is 10.1. The van der Waals surface area contributed by atoms with Crippen molar-refractivity contribution in [3.8, 4) is 0 Å². The number of carbonyl (C=O) groups is 1. The zero-order valence-electron chi connectivity index (χ0n) is 10.4. The van der Waals surface area contributed by atoms with Crippen molar-refractivity contribution in [2.24, 2.45) is 0 Å². The number of benzene rings is 1. The Kier molecular flexibility index (Phi) is 6.11. The molecule has 1 aromatic carbocycles. The van der Waals surface area contributed by atoms with E-state index >= 15 is 0 Å². The first-order valence-electron chi connectivity index (χ1n) is 5.43. The van der Waals surface area contributed by atoms with Crippen LogP contribution in [0, 0.1) is 0 Å². The van der Waals surface area contributed by atoms with E-state index in [-0.39, 0.29) is 12.0 Å². The van der Waals surface area contributed by atoms with Gasteiger partial charge in [0.25, 0.3) is 5.91 Å². The summed E-state index contributed by atoms with van der Waals surface area (Å²) in [6.07, 6.45) is -0.171. The second kappa shape index (κ2) is 7.35. The highest BCUT2D eigenvalue weighted by Gasteiger charge is 2.12. The van der Waals surface area contributed by atoms with Gasteiger partial charge >= 0.3 is 0 Å². The van der Waals surface area contributed by atoms with E-state index in [1.165, 1.54) is 0 Å². The van der Waals surface area contributed by atoms with Crippen molar-refractivity contribution in [2.75, 3.05) is 33.1 Å². The molecule has 3 N–H and O–H groups in total. The van der Waals surface area contributed by atoms with Crippen molar-refractivity contribution in [3.63, 3.8) is 0 Å². The summed E-state index contributed by atoms with van der Waals surface area (Å²) in [6.45, 7) is 0.797. The number of anilines is 1. The van der Waals surface area contributed by atoms with Crippen LogP contribution in [0.15, 0.2) is 22.7 Å². The quantitative estimate of drug-likeness (QED) is 0.778. The summed E-state index contributed by atoms with van der Waals surface area (Å²) >= 11 is 3.29. The smallest absolute Gasteiger partial charge is 0.253 e. The minimum Gasteiger partial charge on any atom is -0.398 e. The van der Waals surface area contributed by atoms with Crippen LogP contribution in [-0.4, -0.2) is 39.4 Å². The Labute approximate surface area is 115 Å². The van der Waals surface area contributed by atoms with Gasteiger partial charge in [-0.1, -0.05) is 15.9 Å². The summed E-state index contributed by atoms with van der Waals surface area (Å²) in [5.74, 6) is -0.224. The lowest BCUT2D eigenvalue weighted by Gasteiger charge is -2.15. The van der Waals surface area contributed by atoms with E-state index in [2.05, 4.69) is 21.2 Å². The van der Waals surface area contributed by atoms with Crippen molar-refractivity contribution in [1.29, 1.82) is 0 Å². The average molecular weight is 317 g/mol. The van der Waals surface area contributed by atoms with Gasteiger partial charge in [0.1, 0.15) is 0 Å². The third-order valence-electron chi connectivity index (χ3n) is 2.43. The summed E-state index contributed by atoms with van der Waals surface area (Å²) in [5, 5.41) is 2.76. The van der Waals surface area contributed by atoms with E-state index in [0.29, 0.717) is 24.4 Å². The fourth-order valence-electron chi connectivity index (χ4n) is 1.44. The third kappa shape index (κ3) is 4.29. The normalized spacial score (nSPS) is 12.2.